The average molecular weight is 350 g/mol. The molecule has 2 aromatic carbocycles. The Bertz CT molecular complexity index is 717. The van der Waals surface area contributed by atoms with Crippen LogP contribution >= 0.6 is 0 Å². The van der Waals surface area contributed by atoms with Crippen LogP contribution in [0.2, 0.25) is 0 Å². The summed E-state index contributed by atoms with van der Waals surface area (Å²) < 4.78 is 11.0. The Hall–Kier alpha value is -2.20. The number of methoxy groups -OCH3 is 2. The molecule has 2 aromatic rings. The molecule has 0 saturated heterocycles. The van der Waals surface area contributed by atoms with Crippen molar-refractivity contribution < 1.29 is 14.6 Å². The SMILES string of the molecule is COC1(OC)C=CC(C(O)(Cc2ccccc2)Cc2ccccc2)=CC1. The molecule has 3 rings (SSSR count). The minimum absolute atomic E-state index is 0.547. The van der Waals surface area contributed by atoms with Crippen LogP contribution in [0.3, 0.4) is 0 Å². The van der Waals surface area contributed by atoms with E-state index >= 15 is 0 Å². The van der Waals surface area contributed by atoms with Gasteiger partial charge in [0, 0.05) is 33.5 Å². The molecule has 0 unspecified atom stereocenters. The molecule has 3 heteroatoms. The van der Waals surface area contributed by atoms with E-state index in [0.717, 1.165) is 16.7 Å². The van der Waals surface area contributed by atoms with Crippen LogP contribution in [-0.2, 0) is 22.3 Å². The Morgan fingerprint density at radius 1 is 0.885 bits per heavy atom. The first-order valence-corrected chi connectivity index (χ1v) is 8.90. The van der Waals surface area contributed by atoms with Gasteiger partial charge >= 0.3 is 0 Å². The van der Waals surface area contributed by atoms with Gasteiger partial charge in [0.1, 0.15) is 0 Å². The van der Waals surface area contributed by atoms with E-state index in [-0.39, 0.29) is 0 Å². The fourth-order valence-electron chi connectivity index (χ4n) is 3.47. The number of ether oxygens (including phenoxy) is 2. The smallest absolute Gasteiger partial charge is 0.190 e. The molecular weight excluding hydrogens is 324 g/mol. The van der Waals surface area contributed by atoms with Crippen LogP contribution in [0.1, 0.15) is 17.5 Å². The first-order chi connectivity index (χ1) is 12.6. The molecule has 0 bridgehead atoms. The summed E-state index contributed by atoms with van der Waals surface area (Å²) in [5.41, 5.74) is 2.12. The predicted octanol–water partition coefficient (Wildman–Crippen LogP) is 4.08. The van der Waals surface area contributed by atoms with E-state index in [1.165, 1.54) is 0 Å². The van der Waals surface area contributed by atoms with E-state index < -0.39 is 11.4 Å². The molecule has 1 aliphatic rings. The number of benzene rings is 2. The van der Waals surface area contributed by atoms with Crippen molar-refractivity contribution in [3.63, 3.8) is 0 Å². The molecule has 0 heterocycles. The monoisotopic (exact) mass is 350 g/mol. The zero-order valence-electron chi connectivity index (χ0n) is 15.4. The maximum absolute atomic E-state index is 11.7. The molecule has 0 aliphatic heterocycles. The summed E-state index contributed by atoms with van der Waals surface area (Å²) in [4.78, 5) is 0. The predicted molar refractivity (Wildman–Crippen MR) is 104 cm³/mol. The van der Waals surface area contributed by atoms with E-state index in [1.54, 1.807) is 14.2 Å². The highest BCUT2D eigenvalue weighted by molar-refractivity contribution is 5.38. The van der Waals surface area contributed by atoms with Gasteiger partial charge < -0.3 is 14.6 Å². The lowest BCUT2D eigenvalue weighted by Crippen LogP contribution is -2.39. The van der Waals surface area contributed by atoms with Crippen LogP contribution in [0.5, 0.6) is 0 Å². The Morgan fingerprint density at radius 3 is 1.77 bits per heavy atom. The Kier molecular flexibility index (Phi) is 5.72. The molecular formula is C23H26O3. The van der Waals surface area contributed by atoms with Crippen molar-refractivity contribution >= 4 is 0 Å². The van der Waals surface area contributed by atoms with Crippen LogP contribution in [0.4, 0.5) is 0 Å². The van der Waals surface area contributed by atoms with Crippen molar-refractivity contribution in [1.29, 1.82) is 0 Å². The zero-order chi connectivity index (χ0) is 18.5. The van der Waals surface area contributed by atoms with Gasteiger partial charge in [0.05, 0.1) is 5.60 Å². The molecule has 1 N–H and O–H groups in total. The molecule has 0 saturated carbocycles. The fourth-order valence-corrected chi connectivity index (χ4v) is 3.47. The molecule has 0 fully saturated rings. The minimum atomic E-state index is -0.993. The summed E-state index contributed by atoms with van der Waals surface area (Å²) >= 11 is 0. The Labute approximate surface area is 155 Å². The van der Waals surface area contributed by atoms with Crippen LogP contribution in [0.15, 0.2) is 84.5 Å². The number of rotatable bonds is 7. The third-order valence-electron chi connectivity index (χ3n) is 5.03. The highest BCUT2D eigenvalue weighted by Gasteiger charge is 2.35. The van der Waals surface area contributed by atoms with Gasteiger partial charge in [-0.3, -0.25) is 0 Å². The van der Waals surface area contributed by atoms with Crippen molar-refractivity contribution in [2.75, 3.05) is 14.2 Å². The lowest BCUT2D eigenvalue weighted by molar-refractivity contribution is -0.168. The quantitative estimate of drug-likeness (QED) is 0.765. The summed E-state index contributed by atoms with van der Waals surface area (Å²) in [6.07, 6.45) is 7.51. The first kappa shape index (κ1) is 18.6. The van der Waals surface area contributed by atoms with Crippen LogP contribution in [0, 0.1) is 0 Å². The highest BCUT2D eigenvalue weighted by atomic mass is 16.7. The van der Waals surface area contributed by atoms with E-state index in [0.29, 0.717) is 19.3 Å². The van der Waals surface area contributed by atoms with Gasteiger partial charge in [-0.05, 0) is 22.8 Å². The van der Waals surface area contributed by atoms with E-state index in [1.807, 2.05) is 54.6 Å². The van der Waals surface area contributed by atoms with E-state index in [9.17, 15) is 5.11 Å². The normalized spacial score (nSPS) is 16.3. The molecule has 1 aliphatic carbocycles. The van der Waals surface area contributed by atoms with Gasteiger partial charge in [0.2, 0.25) is 0 Å². The molecule has 0 atom stereocenters. The van der Waals surface area contributed by atoms with Gasteiger partial charge in [-0.25, -0.2) is 0 Å². The maximum atomic E-state index is 11.7. The molecule has 0 aromatic heterocycles. The van der Waals surface area contributed by atoms with Crippen molar-refractivity contribution in [2.24, 2.45) is 0 Å². The first-order valence-electron chi connectivity index (χ1n) is 8.90. The fraction of sp³-hybridized carbons (Fsp3) is 0.304. The summed E-state index contributed by atoms with van der Waals surface area (Å²) in [5.74, 6) is -0.746. The van der Waals surface area contributed by atoms with Gasteiger partial charge in [-0.2, -0.15) is 0 Å². The van der Waals surface area contributed by atoms with Crippen LogP contribution in [-0.4, -0.2) is 30.7 Å². The van der Waals surface area contributed by atoms with E-state index in [2.05, 4.69) is 24.3 Å². The number of aliphatic hydroxyl groups is 1. The third kappa shape index (κ3) is 4.13. The highest BCUT2D eigenvalue weighted by Crippen LogP contribution is 2.34. The average Bonchev–Trinajstić information content (AvgIpc) is 2.69. The molecule has 0 spiro atoms. The number of hydrogen-bond acceptors (Lipinski definition) is 3. The minimum Gasteiger partial charge on any atom is -0.384 e. The largest absolute Gasteiger partial charge is 0.384 e. The topological polar surface area (TPSA) is 38.7 Å². The van der Waals surface area contributed by atoms with Crippen LogP contribution < -0.4 is 0 Å². The van der Waals surface area contributed by atoms with Gasteiger partial charge in [-0.1, -0.05) is 72.8 Å². The van der Waals surface area contributed by atoms with E-state index in [4.69, 9.17) is 9.47 Å². The summed E-state index contributed by atoms with van der Waals surface area (Å²) in [7, 11) is 3.26. The Morgan fingerprint density at radius 2 is 1.38 bits per heavy atom. The van der Waals surface area contributed by atoms with Crippen LogP contribution in [0.25, 0.3) is 0 Å². The second kappa shape index (κ2) is 8.00. The standard InChI is InChI=1S/C23H26O3/c1-25-23(26-2)15-13-21(14-16-23)22(24,17-19-9-5-3-6-10-19)18-20-11-7-4-8-12-20/h3-15,24H,16-18H2,1-2H3. The molecule has 0 amide bonds. The molecule has 0 radical (unpaired) electrons. The number of hydrogen-bond donors (Lipinski definition) is 1. The van der Waals surface area contributed by atoms with Crippen molar-refractivity contribution in [2.45, 2.75) is 30.7 Å². The van der Waals surface area contributed by atoms with Gasteiger partial charge in [0.25, 0.3) is 0 Å². The lowest BCUT2D eigenvalue weighted by Gasteiger charge is -2.35. The molecule has 136 valence electrons. The Balaban J connectivity index is 1.91. The second-order valence-electron chi connectivity index (χ2n) is 6.77. The molecule has 26 heavy (non-hydrogen) atoms. The molecule has 3 nitrogen and oxygen atoms in total. The third-order valence-corrected chi connectivity index (χ3v) is 5.03. The van der Waals surface area contributed by atoms with Crippen molar-refractivity contribution in [1.82, 2.24) is 0 Å². The maximum Gasteiger partial charge on any atom is 0.190 e. The van der Waals surface area contributed by atoms with Crippen molar-refractivity contribution in [3.8, 4) is 0 Å². The summed E-state index contributed by atoms with van der Waals surface area (Å²) in [5, 5.41) is 11.7. The van der Waals surface area contributed by atoms with Gasteiger partial charge in [-0.15, -0.1) is 0 Å². The zero-order valence-corrected chi connectivity index (χ0v) is 15.4. The lowest BCUT2D eigenvalue weighted by atomic mass is 9.79. The summed E-state index contributed by atoms with van der Waals surface area (Å²) in [6.45, 7) is 0. The summed E-state index contributed by atoms with van der Waals surface area (Å²) in [6, 6.07) is 20.2. The van der Waals surface area contributed by atoms with Gasteiger partial charge in [0.15, 0.2) is 5.79 Å². The second-order valence-corrected chi connectivity index (χ2v) is 6.77. The van der Waals surface area contributed by atoms with Crippen molar-refractivity contribution in [3.05, 3.63) is 95.6 Å².